The largest absolute Gasteiger partial charge is 0.370 e. The summed E-state index contributed by atoms with van der Waals surface area (Å²) in [7, 11) is 0. The lowest BCUT2D eigenvalue weighted by atomic mass is 10.2. The molecular weight excluding hydrogens is 318 g/mol. The van der Waals surface area contributed by atoms with E-state index in [1.54, 1.807) is 18.3 Å². The number of nitrogens with zero attached hydrogens (tertiary/aromatic N) is 4. The molecule has 3 rings (SSSR count). The van der Waals surface area contributed by atoms with Crippen LogP contribution in [-0.4, -0.2) is 33.2 Å². The number of hydrogen-bond donors (Lipinski definition) is 1. The Labute approximate surface area is 145 Å². The Kier molecular flexibility index (Phi) is 4.83. The zero-order valence-corrected chi connectivity index (χ0v) is 14.1. The van der Waals surface area contributed by atoms with Gasteiger partial charge < -0.3 is 10.6 Å². The van der Waals surface area contributed by atoms with Crippen molar-refractivity contribution in [3.05, 3.63) is 64.7 Å². The first-order chi connectivity index (χ1) is 12.0. The van der Waals surface area contributed by atoms with Gasteiger partial charge in [0.1, 0.15) is 0 Å². The summed E-state index contributed by atoms with van der Waals surface area (Å²) in [5.74, 6) is -0.345. The number of anilines is 1. The number of aromatic nitrogens is 3. The number of fused-ring (bicyclic) bond motifs is 1. The van der Waals surface area contributed by atoms with Gasteiger partial charge in [0.2, 0.25) is 5.91 Å². The SMILES string of the molecule is Cc1cccc(N(CCC(N)=O)CCn2nc3ccccn3c2=O)c1. The highest BCUT2D eigenvalue weighted by atomic mass is 16.2. The maximum absolute atomic E-state index is 12.4. The molecule has 0 atom stereocenters. The molecule has 25 heavy (non-hydrogen) atoms. The first-order valence-corrected chi connectivity index (χ1v) is 8.19. The van der Waals surface area contributed by atoms with Crippen molar-refractivity contribution >= 4 is 17.2 Å². The van der Waals surface area contributed by atoms with E-state index >= 15 is 0 Å². The molecule has 0 radical (unpaired) electrons. The first-order valence-electron chi connectivity index (χ1n) is 8.19. The molecule has 7 heteroatoms. The van der Waals surface area contributed by atoms with Crippen LogP contribution in [0, 0.1) is 6.92 Å². The summed E-state index contributed by atoms with van der Waals surface area (Å²) in [6, 6.07) is 13.5. The van der Waals surface area contributed by atoms with Gasteiger partial charge in [-0.05, 0) is 36.8 Å². The summed E-state index contributed by atoms with van der Waals surface area (Å²) < 4.78 is 2.96. The Morgan fingerprint density at radius 3 is 2.76 bits per heavy atom. The lowest BCUT2D eigenvalue weighted by Gasteiger charge is -2.24. The van der Waals surface area contributed by atoms with E-state index in [2.05, 4.69) is 5.10 Å². The van der Waals surface area contributed by atoms with Gasteiger partial charge in [-0.2, -0.15) is 0 Å². The van der Waals surface area contributed by atoms with E-state index in [9.17, 15) is 9.59 Å². The highest BCUT2D eigenvalue weighted by Gasteiger charge is 2.11. The lowest BCUT2D eigenvalue weighted by molar-refractivity contribution is -0.117. The minimum absolute atomic E-state index is 0.172. The molecule has 2 aromatic heterocycles. The minimum atomic E-state index is -0.345. The molecular formula is C18H21N5O2. The molecule has 3 aromatic rings. The van der Waals surface area contributed by atoms with E-state index in [-0.39, 0.29) is 18.0 Å². The van der Waals surface area contributed by atoms with Crippen molar-refractivity contribution in [2.24, 2.45) is 5.73 Å². The molecule has 0 spiro atoms. The van der Waals surface area contributed by atoms with E-state index < -0.39 is 0 Å². The molecule has 0 aliphatic carbocycles. The van der Waals surface area contributed by atoms with Gasteiger partial charge in [0.15, 0.2) is 5.65 Å². The molecule has 0 aliphatic heterocycles. The smallest absolute Gasteiger partial charge is 0.350 e. The Hall–Kier alpha value is -3.09. The van der Waals surface area contributed by atoms with Gasteiger partial charge in [0.05, 0.1) is 6.54 Å². The van der Waals surface area contributed by atoms with Crippen molar-refractivity contribution in [3.8, 4) is 0 Å². The lowest BCUT2D eigenvalue weighted by Crippen LogP contribution is -2.33. The van der Waals surface area contributed by atoms with Crippen molar-refractivity contribution < 1.29 is 4.79 Å². The zero-order valence-electron chi connectivity index (χ0n) is 14.1. The molecule has 0 fully saturated rings. The van der Waals surface area contributed by atoms with E-state index in [1.807, 2.05) is 42.2 Å². The molecule has 0 saturated carbocycles. The number of pyridine rings is 1. The number of nitrogens with two attached hydrogens (primary N) is 1. The third kappa shape index (κ3) is 3.88. The van der Waals surface area contributed by atoms with Crippen molar-refractivity contribution in [1.82, 2.24) is 14.2 Å². The monoisotopic (exact) mass is 339 g/mol. The Morgan fingerprint density at radius 2 is 2.04 bits per heavy atom. The molecule has 2 N–H and O–H groups in total. The van der Waals surface area contributed by atoms with Gasteiger partial charge in [-0.15, -0.1) is 5.10 Å². The fourth-order valence-electron chi connectivity index (χ4n) is 2.77. The van der Waals surface area contributed by atoms with Gasteiger partial charge in [0, 0.05) is 31.4 Å². The fourth-order valence-corrected chi connectivity index (χ4v) is 2.77. The Bertz CT molecular complexity index is 944. The summed E-state index contributed by atoms with van der Waals surface area (Å²) in [6.45, 7) is 3.50. The van der Waals surface area contributed by atoms with Crippen molar-refractivity contribution in [2.75, 3.05) is 18.0 Å². The van der Waals surface area contributed by atoms with Crippen LogP contribution in [0.3, 0.4) is 0 Å². The molecule has 7 nitrogen and oxygen atoms in total. The van der Waals surface area contributed by atoms with Crippen LogP contribution < -0.4 is 16.3 Å². The van der Waals surface area contributed by atoms with Crippen molar-refractivity contribution in [3.63, 3.8) is 0 Å². The third-order valence-corrected chi connectivity index (χ3v) is 4.07. The number of aryl methyl sites for hydroxylation is 1. The van der Waals surface area contributed by atoms with Crippen LogP contribution in [0.25, 0.3) is 5.65 Å². The molecule has 130 valence electrons. The molecule has 0 saturated heterocycles. The van der Waals surface area contributed by atoms with Crippen LogP contribution in [0.5, 0.6) is 0 Å². The molecule has 1 aromatic carbocycles. The molecule has 0 bridgehead atoms. The number of carbonyl (C=O) groups is 1. The maximum Gasteiger partial charge on any atom is 0.350 e. The first kappa shape index (κ1) is 16.8. The highest BCUT2D eigenvalue weighted by molar-refractivity contribution is 5.74. The summed E-state index contributed by atoms with van der Waals surface area (Å²) in [5.41, 5.74) is 7.87. The van der Waals surface area contributed by atoms with Crippen LogP contribution >= 0.6 is 0 Å². The van der Waals surface area contributed by atoms with Crippen molar-refractivity contribution in [1.29, 1.82) is 0 Å². The standard InChI is InChI=1S/C18H21N5O2/c1-14-5-4-6-15(13-14)21(10-8-16(19)24)11-12-23-18(25)22-9-3-2-7-17(22)20-23/h2-7,9,13H,8,10-12H2,1H3,(H2,19,24). The average Bonchev–Trinajstić information content (AvgIpc) is 2.91. The number of hydrogen-bond acceptors (Lipinski definition) is 4. The van der Waals surface area contributed by atoms with Gasteiger partial charge >= 0.3 is 5.69 Å². The predicted molar refractivity (Wildman–Crippen MR) is 96.7 cm³/mol. The molecule has 1 amide bonds. The molecule has 2 heterocycles. The zero-order chi connectivity index (χ0) is 17.8. The highest BCUT2D eigenvalue weighted by Crippen LogP contribution is 2.16. The van der Waals surface area contributed by atoms with Gasteiger partial charge in [-0.3, -0.25) is 9.20 Å². The van der Waals surface area contributed by atoms with Crippen LogP contribution in [-0.2, 0) is 11.3 Å². The topological polar surface area (TPSA) is 85.6 Å². The van der Waals surface area contributed by atoms with Crippen LogP contribution in [0.2, 0.25) is 0 Å². The second kappa shape index (κ2) is 7.21. The van der Waals surface area contributed by atoms with Crippen LogP contribution in [0.1, 0.15) is 12.0 Å². The average molecular weight is 339 g/mol. The molecule has 0 unspecified atom stereocenters. The van der Waals surface area contributed by atoms with Crippen LogP contribution in [0.15, 0.2) is 53.5 Å². The predicted octanol–water partition coefficient (Wildman–Crippen LogP) is 1.19. The van der Waals surface area contributed by atoms with E-state index in [1.165, 1.54) is 9.08 Å². The summed E-state index contributed by atoms with van der Waals surface area (Å²) >= 11 is 0. The Balaban J connectivity index is 1.80. The second-order valence-electron chi connectivity index (χ2n) is 5.98. The normalized spacial score (nSPS) is 10.9. The van der Waals surface area contributed by atoms with Gasteiger partial charge in [-0.25, -0.2) is 9.48 Å². The van der Waals surface area contributed by atoms with Gasteiger partial charge in [-0.1, -0.05) is 18.2 Å². The number of carbonyl (C=O) groups excluding carboxylic acids is 1. The summed E-state index contributed by atoms with van der Waals surface area (Å²) in [5, 5.41) is 4.34. The van der Waals surface area contributed by atoms with E-state index in [4.69, 9.17) is 5.73 Å². The second-order valence-corrected chi connectivity index (χ2v) is 5.98. The maximum atomic E-state index is 12.4. The van der Waals surface area contributed by atoms with Crippen molar-refractivity contribution in [2.45, 2.75) is 19.9 Å². The quantitative estimate of drug-likeness (QED) is 0.700. The Morgan fingerprint density at radius 1 is 1.20 bits per heavy atom. The van der Waals surface area contributed by atoms with Gasteiger partial charge in [0.25, 0.3) is 0 Å². The number of benzene rings is 1. The summed E-state index contributed by atoms with van der Waals surface area (Å²) in [6.07, 6.45) is 1.96. The van der Waals surface area contributed by atoms with Crippen LogP contribution in [0.4, 0.5) is 5.69 Å². The third-order valence-electron chi connectivity index (χ3n) is 4.07. The number of amides is 1. The molecule has 0 aliphatic rings. The minimum Gasteiger partial charge on any atom is -0.370 e. The summed E-state index contributed by atoms with van der Waals surface area (Å²) in [4.78, 5) is 25.6. The fraction of sp³-hybridized carbons (Fsp3) is 0.278. The number of primary amides is 1. The van der Waals surface area contributed by atoms with E-state index in [0.717, 1.165) is 11.3 Å². The number of rotatable bonds is 7. The van der Waals surface area contributed by atoms with E-state index in [0.29, 0.717) is 25.3 Å².